The number of nitriles is 2. The predicted molar refractivity (Wildman–Crippen MR) is 282 cm³/mol. The molecular weight excluding hydrogens is 937 g/mol. The van der Waals surface area contributed by atoms with Crippen LogP contribution in [0, 0.1) is 36.5 Å². The van der Waals surface area contributed by atoms with E-state index in [1.807, 2.05) is 89.2 Å². The van der Waals surface area contributed by atoms with Gasteiger partial charge in [-0.15, -0.1) is 0 Å². The molecule has 4 aliphatic rings. The van der Waals surface area contributed by atoms with Gasteiger partial charge in [0.25, 0.3) is 11.8 Å². The van der Waals surface area contributed by atoms with Gasteiger partial charge in [0, 0.05) is 93.9 Å². The van der Waals surface area contributed by atoms with E-state index >= 15 is 0 Å². The van der Waals surface area contributed by atoms with Crippen molar-refractivity contribution in [3.8, 4) is 12.1 Å². The standard InChI is InChI=1S/C29H35N5O4.C28H33N5O3/c1-3-38-29(37)34-16-12-25(13-17-34)31-28(36)32-26-18-24(7-4-20(26)2)27(35)33-14-10-23(11-15-33)22-8-5-21(19-30)6-9-22;1-20-5-8-24(18-25(20)31-28(36)30-13-3-15-32-14-2-4-26(32)34)27(35)33-16-11-23(12-17-33)22-9-6-21(19-29)7-10-22/h4-9,18,23,25H,3,10-17H2,1-2H3,(H2,31,32,36);5-10,18,23H,2-4,11-17H2,1H3,(H2,30,31,36). The van der Waals surface area contributed by atoms with Crippen LogP contribution < -0.4 is 21.3 Å². The molecule has 0 unspecified atom stereocenters. The third-order valence-electron chi connectivity index (χ3n) is 14.5. The molecule has 4 aliphatic heterocycles. The Hall–Kier alpha value is -7.92. The average molecular weight is 1010 g/mol. The number of piperidine rings is 3. The van der Waals surface area contributed by atoms with Crippen molar-refractivity contribution in [3.63, 3.8) is 0 Å². The number of rotatable bonds is 12. The van der Waals surface area contributed by atoms with E-state index in [2.05, 4.69) is 33.4 Å². The minimum Gasteiger partial charge on any atom is -0.450 e. The zero-order valence-corrected chi connectivity index (χ0v) is 42.8. The van der Waals surface area contributed by atoms with Crippen LogP contribution in [0.3, 0.4) is 0 Å². The minimum absolute atomic E-state index is 0.0352. The molecule has 4 fully saturated rings. The quantitative estimate of drug-likeness (QED) is 0.0997. The lowest BCUT2D eigenvalue weighted by atomic mass is 9.89. The summed E-state index contributed by atoms with van der Waals surface area (Å²) in [5.74, 6) is 0.861. The van der Waals surface area contributed by atoms with Gasteiger partial charge in [-0.3, -0.25) is 14.4 Å². The highest BCUT2D eigenvalue weighted by molar-refractivity contribution is 5.98. The van der Waals surface area contributed by atoms with Gasteiger partial charge in [-0.05, 0) is 155 Å². The average Bonchev–Trinajstić information content (AvgIpc) is 3.85. The number of benzene rings is 4. The highest BCUT2D eigenvalue weighted by Crippen LogP contribution is 2.31. The van der Waals surface area contributed by atoms with Crippen molar-refractivity contribution in [2.75, 3.05) is 76.1 Å². The van der Waals surface area contributed by atoms with Crippen molar-refractivity contribution in [1.29, 1.82) is 10.5 Å². The van der Waals surface area contributed by atoms with E-state index in [0.29, 0.717) is 130 Å². The fourth-order valence-electron chi connectivity index (χ4n) is 9.98. The Balaban J connectivity index is 0.000000217. The van der Waals surface area contributed by atoms with Crippen molar-refractivity contribution in [2.45, 2.75) is 96.4 Å². The van der Waals surface area contributed by atoms with Gasteiger partial charge in [0.2, 0.25) is 5.91 Å². The van der Waals surface area contributed by atoms with Gasteiger partial charge < -0.3 is 45.6 Å². The van der Waals surface area contributed by atoms with Gasteiger partial charge in [-0.25, -0.2) is 14.4 Å². The molecule has 388 valence electrons. The number of aryl methyl sites for hydroxylation is 2. The highest BCUT2D eigenvalue weighted by Gasteiger charge is 2.28. The second-order valence-electron chi connectivity index (χ2n) is 19.4. The molecule has 8 rings (SSSR count). The number of anilines is 2. The maximum Gasteiger partial charge on any atom is 0.409 e. The molecule has 4 heterocycles. The molecule has 74 heavy (non-hydrogen) atoms. The molecule has 4 N–H and O–H groups in total. The molecule has 0 atom stereocenters. The number of ether oxygens (including phenoxy) is 1. The van der Waals surface area contributed by atoms with Crippen LogP contribution in [0.15, 0.2) is 84.9 Å². The molecule has 0 saturated carbocycles. The van der Waals surface area contributed by atoms with E-state index in [1.165, 1.54) is 11.1 Å². The van der Waals surface area contributed by atoms with Crippen LogP contribution in [0.2, 0.25) is 0 Å². The molecule has 0 aromatic heterocycles. The van der Waals surface area contributed by atoms with Crippen LogP contribution in [0.4, 0.5) is 25.8 Å². The summed E-state index contributed by atoms with van der Waals surface area (Å²) in [6.45, 7) is 11.6. The zero-order chi connectivity index (χ0) is 52.6. The van der Waals surface area contributed by atoms with E-state index in [1.54, 1.807) is 36.1 Å². The molecular formula is C57H68N10O7. The van der Waals surface area contributed by atoms with Gasteiger partial charge in [0.15, 0.2) is 0 Å². The number of urea groups is 2. The van der Waals surface area contributed by atoms with E-state index in [4.69, 9.17) is 15.3 Å². The first-order valence-corrected chi connectivity index (χ1v) is 25.9. The van der Waals surface area contributed by atoms with Crippen LogP contribution in [0.5, 0.6) is 0 Å². The summed E-state index contributed by atoms with van der Waals surface area (Å²) in [6.07, 6.45) is 6.72. The SMILES string of the molecule is CCOC(=O)N1CCC(NC(=O)Nc2cc(C(=O)N3CCC(c4ccc(C#N)cc4)CC3)ccc2C)CC1.Cc1ccc(C(=O)N2CCC(c3ccc(C#N)cc3)CC2)cc1NC(=O)NCCCN1CCCC1=O. The molecule has 17 nitrogen and oxygen atoms in total. The van der Waals surface area contributed by atoms with Crippen molar-refractivity contribution in [1.82, 2.24) is 30.2 Å². The first-order valence-electron chi connectivity index (χ1n) is 25.9. The van der Waals surface area contributed by atoms with Gasteiger partial charge in [0.05, 0.1) is 29.9 Å². The van der Waals surface area contributed by atoms with Crippen LogP contribution in [0.1, 0.15) is 131 Å². The molecule has 17 heteroatoms. The molecule has 8 amide bonds. The first-order chi connectivity index (χ1) is 35.8. The molecule has 0 bridgehead atoms. The predicted octanol–water partition coefficient (Wildman–Crippen LogP) is 8.65. The van der Waals surface area contributed by atoms with Crippen molar-refractivity contribution >= 4 is 47.3 Å². The lowest BCUT2D eigenvalue weighted by Gasteiger charge is -2.32. The Morgan fingerprint density at radius 2 is 1.09 bits per heavy atom. The van der Waals surface area contributed by atoms with E-state index < -0.39 is 0 Å². The fourth-order valence-corrected chi connectivity index (χ4v) is 9.98. The number of carbonyl (C=O) groups excluding carboxylic acids is 6. The smallest absolute Gasteiger partial charge is 0.409 e. The van der Waals surface area contributed by atoms with Crippen LogP contribution in [-0.2, 0) is 9.53 Å². The Bertz CT molecular complexity index is 2710. The lowest BCUT2D eigenvalue weighted by molar-refractivity contribution is -0.127. The topological polar surface area (TPSA) is 220 Å². The van der Waals surface area contributed by atoms with Crippen LogP contribution in [0.25, 0.3) is 0 Å². The van der Waals surface area contributed by atoms with E-state index in [0.717, 1.165) is 49.8 Å². The van der Waals surface area contributed by atoms with Crippen LogP contribution in [-0.4, -0.2) is 127 Å². The van der Waals surface area contributed by atoms with E-state index in [9.17, 15) is 28.8 Å². The molecule has 4 saturated heterocycles. The molecule has 4 aromatic rings. The summed E-state index contributed by atoms with van der Waals surface area (Å²) in [5, 5.41) is 29.6. The highest BCUT2D eigenvalue weighted by atomic mass is 16.6. The number of hydrogen-bond donors (Lipinski definition) is 4. The summed E-state index contributed by atoms with van der Waals surface area (Å²) in [7, 11) is 0. The van der Waals surface area contributed by atoms with Gasteiger partial charge >= 0.3 is 18.2 Å². The van der Waals surface area contributed by atoms with Gasteiger partial charge in [-0.1, -0.05) is 36.4 Å². The number of amides is 8. The summed E-state index contributed by atoms with van der Waals surface area (Å²) in [4.78, 5) is 82.3. The van der Waals surface area contributed by atoms with Crippen molar-refractivity contribution < 1.29 is 33.5 Å². The molecule has 0 spiro atoms. The number of likely N-dealkylation sites (tertiary alicyclic amines) is 4. The van der Waals surface area contributed by atoms with Crippen molar-refractivity contribution in [2.24, 2.45) is 0 Å². The fraction of sp³-hybridized carbons (Fsp3) is 0.439. The third kappa shape index (κ3) is 14.6. The van der Waals surface area contributed by atoms with Gasteiger partial charge in [0.1, 0.15) is 0 Å². The van der Waals surface area contributed by atoms with Crippen molar-refractivity contribution in [3.05, 3.63) is 129 Å². The number of nitrogens with zero attached hydrogens (tertiary/aromatic N) is 6. The largest absolute Gasteiger partial charge is 0.450 e. The third-order valence-corrected chi connectivity index (χ3v) is 14.5. The Morgan fingerprint density at radius 1 is 0.622 bits per heavy atom. The van der Waals surface area contributed by atoms with E-state index in [-0.39, 0.29) is 41.9 Å². The normalized spacial score (nSPS) is 16.3. The lowest BCUT2D eigenvalue weighted by Crippen LogP contribution is -2.47. The molecule has 0 radical (unpaired) electrons. The zero-order valence-electron chi connectivity index (χ0n) is 42.8. The number of carbonyl (C=O) groups is 6. The monoisotopic (exact) mass is 1000 g/mol. The summed E-state index contributed by atoms with van der Waals surface area (Å²) in [5.41, 5.74) is 7.78. The first kappa shape index (κ1) is 53.9. The number of hydrogen-bond acceptors (Lipinski definition) is 9. The molecule has 4 aromatic carbocycles. The van der Waals surface area contributed by atoms with Crippen LogP contribution >= 0.6 is 0 Å². The maximum atomic E-state index is 13.2. The Labute approximate surface area is 434 Å². The number of nitrogens with one attached hydrogen (secondary N) is 4. The van der Waals surface area contributed by atoms with Gasteiger partial charge in [-0.2, -0.15) is 10.5 Å². The second kappa shape index (κ2) is 26.2. The summed E-state index contributed by atoms with van der Waals surface area (Å²) >= 11 is 0. The summed E-state index contributed by atoms with van der Waals surface area (Å²) < 4.78 is 5.04. The molecule has 0 aliphatic carbocycles. The summed E-state index contributed by atoms with van der Waals surface area (Å²) in [6, 6.07) is 29.8. The minimum atomic E-state index is -0.324. The second-order valence-corrected chi connectivity index (χ2v) is 19.4. The Kier molecular flexibility index (Phi) is 19.0. The Morgan fingerprint density at radius 3 is 1.54 bits per heavy atom. The maximum absolute atomic E-state index is 13.2.